The maximum atomic E-state index is 13.2. The van der Waals surface area contributed by atoms with Crippen molar-refractivity contribution in [3.05, 3.63) is 30.3 Å². The highest BCUT2D eigenvalue weighted by atomic mass is 16.5. The number of hydrogen-bond acceptors (Lipinski definition) is 6. The number of morpholine rings is 1. The van der Waals surface area contributed by atoms with E-state index in [-0.39, 0.29) is 23.5 Å². The number of likely N-dealkylation sites (tertiary alicyclic amines) is 1. The van der Waals surface area contributed by atoms with Crippen LogP contribution in [0.5, 0.6) is 0 Å². The number of para-hydroxylation sites is 1. The second kappa shape index (κ2) is 8.95. The van der Waals surface area contributed by atoms with E-state index in [9.17, 15) is 14.4 Å². The fraction of sp³-hybridized carbons (Fsp3) is 0.545. The van der Waals surface area contributed by atoms with Crippen molar-refractivity contribution in [3.63, 3.8) is 0 Å². The zero-order chi connectivity index (χ0) is 21.1. The average Bonchev–Trinajstić information content (AvgIpc) is 3.25. The van der Waals surface area contributed by atoms with Gasteiger partial charge in [-0.25, -0.2) is 0 Å². The molecule has 0 aliphatic carbocycles. The Bertz CT molecular complexity index is 835. The summed E-state index contributed by atoms with van der Waals surface area (Å²) < 4.78 is 5.33. The Labute approximate surface area is 176 Å². The lowest BCUT2D eigenvalue weighted by atomic mass is 9.95. The molecule has 0 bridgehead atoms. The highest BCUT2D eigenvalue weighted by Crippen LogP contribution is 2.27. The predicted molar refractivity (Wildman–Crippen MR) is 112 cm³/mol. The Balaban J connectivity index is 1.46. The largest absolute Gasteiger partial charge is 0.378 e. The molecule has 2 saturated heterocycles. The van der Waals surface area contributed by atoms with E-state index in [0.717, 1.165) is 18.5 Å². The summed E-state index contributed by atoms with van der Waals surface area (Å²) in [6.45, 7) is 4.91. The van der Waals surface area contributed by atoms with E-state index in [1.165, 1.54) is 6.92 Å². The first kappa shape index (κ1) is 20.5. The third-order valence-corrected chi connectivity index (χ3v) is 6.03. The predicted octanol–water partition coefficient (Wildman–Crippen LogP) is 1.31. The van der Waals surface area contributed by atoms with Crippen LogP contribution in [0.3, 0.4) is 0 Å². The third kappa shape index (κ3) is 4.23. The van der Waals surface area contributed by atoms with Gasteiger partial charge >= 0.3 is 0 Å². The number of nitrogens with zero attached hydrogens (tertiary/aromatic N) is 4. The second-order valence-electron chi connectivity index (χ2n) is 8.09. The summed E-state index contributed by atoms with van der Waals surface area (Å²) >= 11 is 0. The molecule has 3 aliphatic heterocycles. The number of Topliss-reactive ketones (excluding diaryl/α,β-unsaturated/α-hetero) is 1. The molecule has 1 aromatic rings. The van der Waals surface area contributed by atoms with Gasteiger partial charge in [-0.05, 0) is 31.9 Å². The molecule has 30 heavy (non-hydrogen) atoms. The molecule has 2 fully saturated rings. The van der Waals surface area contributed by atoms with Crippen LogP contribution in [0.15, 0.2) is 35.4 Å². The maximum Gasteiger partial charge on any atom is 0.270 e. The molecular formula is C22H28N4O4. The van der Waals surface area contributed by atoms with Crippen LogP contribution in [0.4, 0.5) is 5.69 Å². The van der Waals surface area contributed by atoms with Gasteiger partial charge in [0, 0.05) is 32.6 Å². The normalized spacial score (nSPS) is 24.6. The van der Waals surface area contributed by atoms with Crippen molar-refractivity contribution in [3.8, 4) is 0 Å². The van der Waals surface area contributed by atoms with E-state index in [4.69, 9.17) is 4.74 Å². The lowest BCUT2D eigenvalue weighted by molar-refractivity contribution is -0.142. The van der Waals surface area contributed by atoms with Gasteiger partial charge in [0.15, 0.2) is 5.78 Å². The summed E-state index contributed by atoms with van der Waals surface area (Å²) in [5.74, 6) is -0.267. The number of benzene rings is 1. The minimum atomic E-state index is -0.470. The summed E-state index contributed by atoms with van der Waals surface area (Å²) in [6.07, 6.45) is 1.87. The van der Waals surface area contributed by atoms with Crippen molar-refractivity contribution in [1.29, 1.82) is 0 Å². The van der Waals surface area contributed by atoms with Crippen molar-refractivity contribution in [1.82, 2.24) is 9.80 Å². The van der Waals surface area contributed by atoms with E-state index in [2.05, 4.69) is 5.10 Å². The first-order valence-electron chi connectivity index (χ1n) is 10.6. The van der Waals surface area contributed by atoms with Crippen LogP contribution < -0.4 is 5.01 Å². The minimum Gasteiger partial charge on any atom is -0.378 e. The van der Waals surface area contributed by atoms with Gasteiger partial charge < -0.3 is 14.5 Å². The van der Waals surface area contributed by atoms with Gasteiger partial charge in [0.05, 0.1) is 24.8 Å². The Hall–Kier alpha value is -2.74. The smallest absolute Gasteiger partial charge is 0.270 e. The number of piperidine rings is 1. The van der Waals surface area contributed by atoms with E-state index in [1.54, 1.807) is 9.91 Å². The van der Waals surface area contributed by atoms with Crippen molar-refractivity contribution in [2.24, 2.45) is 11.0 Å². The number of ketones is 1. The van der Waals surface area contributed by atoms with Gasteiger partial charge in [0.1, 0.15) is 11.8 Å². The van der Waals surface area contributed by atoms with Gasteiger partial charge in [-0.3, -0.25) is 19.4 Å². The molecule has 1 aromatic carbocycles. The number of anilines is 1. The van der Waals surface area contributed by atoms with Gasteiger partial charge in [-0.2, -0.15) is 5.10 Å². The number of amides is 2. The molecule has 2 amide bonds. The molecule has 0 saturated carbocycles. The zero-order valence-corrected chi connectivity index (χ0v) is 17.3. The summed E-state index contributed by atoms with van der Waals surface area (Å²) in [4.78, 5) is 41.8. The Morgan fingerprint density at radius 1 is 1.03 bits per heavy atom. The highest BCUT2D eigenvalue weighted by Gasteiger charge is 2.38. The van der Waals surface area contributed by atoms with Crippen molar-refractivity contribution in [2.45, 2.75) is 32.2 Å². The number of rotatable bonds is 4. The number of carbonyl (C=O) groups is 3. The first-order chi connectivity index (χ1) is 14.5. The number of ether oxygens (including phenoxy) is 1. The van der Waals surface area contributed by atoms with Gasteiger partial charge in [-0.15, -0.1) is 0 Å². The van der Waals surface area contributed by atoms with Crippen LogP contribution >= 0.6 is 0 Å². The topological polar surface area (TPSA) is 82.5 Å². The van der Waals surface area contributed by atoms with Crippen LogP contribution in [0, 0.1) is 5.92 Å². The molecular weight excluding hydrogens is 384 g/mol. The zero-order valence-electron chi connectivity index (χ0n) is 17.3. The Morgan fingerprint density at radius 3 is 2.47 bits per heavy atom. The van der Waals surface area contributed by atoms with Crippen molar-refractivity contribution < 1.29 is 19.1 Å². The fourth-order valence-corrected chi connectivity index (χ4v) is 4.36. The van der Waals surface area contributed by atoms with E-state index < -0.39 is 6.04 Å². The second-order valence-corrected chi connectivity index (χ2v) is 8.09. The van der Waals surface area contributed by atoms with Crippen LogP contribution in [-0.2, 0) is 19.1 Å². The van der Waals surface area contributed by atoms with Gasteiger partial charge in [0.25, 0.3) is 5.91 Å². The van der Waals surface area contributed by atoms with Crippen LogP contribution in [0.1, 0.15) is 26.2 Å². The Morgan fingerprint density at radius 2 is 1.77 bits per heavy atom. The van der Waals surface area contributed by atoms with Gasteiger partial charge in [0.2, 0.25) is 5.91 Å². The first-order valence-corrected chi connectivity index (χ1v) is 10.6. The molecule has 8 nitrogen and oxygen atoms in total. The van der Waals surface area contributed by atoms with Crippen LogP contribution in [-0.4, -0.2) is 78.5 Å². The third-order valence-electron chi connectivity index (χ3n) is 6.03. The molecule has 3 heterocycles. The summed E-state index contributed by atoms with van der Waals surface area (Å²) in [6, 6.07) is 8.96. The highest BCUT2D eigenvalue weighted by molar-refractivity contribution is 6.40. The molecule has 3 aliphatic rings. The summed E-state index contributed by atoms with van der Waals surface area (Å²) in [5, 5.41) is 6.17. The summed E-state index contributed by atoms with van der Waals surface area (Å²) in [7, 11) is 0. The lowest BCUT2D eigenvalue weighted by Gasteiger charge is -2.36. The number of hydrogen-bond donors (Lipinski definition) is 0. The number of carbonyl (C=O) groups excluding carboxylic acids is 3. The number of hydrazone groups is 1. The molecule has 0 radical (unpaired) electrons. The Kier molecular flexibility index (Phi) is 6.13. The van der Waals surface area contributed by atoms with Crippen LogP contribution in [0.25, 0.3) is 0 Å². The average molecular weight is 412 g/mol. The monoisotopic (exact) mass is 412 g/mol. The molecule has 0 spiro atoms. The molecule has 2 unspecified atom stereocenters. The molecule has 8 heteroatoms. The standard InChI is InChI=1S/C22H28N4O4/c1-16(27)20-14-19(23-26(20)18-7-3-2-4-8-18)22(29)25-9-5-6-17(15-25)21(28)24-10-12-30-13-11-24/h2-4,7-8,17,20H,5-6,9-15H2,1H3. The fourth-order valence-electron chi connectivity index (χ4n) is 4.36. The molecule has 160 valence electrons. The van der Waals surface area contributed by atoms with E-state index in [0.29, 0.717) is 51.5 Å². The molecule has 0 N–H and O–H groups in total. The van der Waals surface area contributed by atoms with Crippen molar-refractivity contribution >= 4 is 29.0 Å². The summed E-state index contributed by atoms with van der Waals surface area (Å²) in [5.41, 5.74) is 1.18. The lowest BCUT2D eigenvalue weighted by Crippen LogP contribution is -2.50. The van der Waals surface area contributed by atoms with Crippen LogP contribution in [0.2, 0.25) is 0 Å². The van der Waals surface area contributed by atoms with E-state index in [1.807, 2.05) is 35.2 Å². The van der Waals surface area contributed by atoms with Gasteiger partial charge in [-0.1, -0.05) is 18.2 Å². The maximum absolute atomic E-state index is 13.2. The molecule has 2 atom stereocenters. The van der Waals surface area contributed by atoms with E-state index >= 15 is 0 Å². The quantitative estimate of drug-likeness (QED) is 0.745. The minimum absolute atomic E-state index is 0.0237. The SMILES string of the molecule is CC(=O)C1CC(C(=O)N2CCCC(C(=O)N3CCOCC3)C2)=NN1c1ccccc1. The van der Waals surface area contributed by atoms with Crippen molar-refractivity contribution in [2.75, 3.05) is 44.4 Å². The molecule has 0 aromatic heterocycles. The molecule has 4 rings (SSSR count).